The van der Waals surface area contributed by atoms with Crippen molar-refractivity contribution in [1.82, 2.24) is 0 Å². The van der Waals surface area contributed by atoms with Crippen LogP contribution in [0.1, 0.15) is 25.7 Å². The van der Waals surface area contributed by atoms with Gasteiger partial charge in [0.25, 0.3) is 0 Å². The van der Waals surface area contributed by atoms with E-state index in [-0.39, 0.29) is 5.25 Å². The largest absolute Gasteiger partial charge is 0.492 e. The van der Waals surface area contributed by atoms with E-state index in [1.807, 2.05) is 0 Å². The summed E-state index contributed by atoms with van der Waals surface area (Å²) in [6, 6.07) is 6.76. The molecular formula is C15H22N2O4S. The third-order valence-corrected chi connectivity index (χ3v) is 5.82. The summed E-state index contributed by atoms with van der Waals surface area (Å²) in [5.41, 5.74) is 5.89. The number of ether oxygens (including phenoxy) is 1. The lowest BCUT2D eigenvalue weighted by molar-refractivity contribution is -0.113. The molecule has 1 saturated carbocycles. The lowest BCUT2D eigenvalue weighted by atomic mass is 10.3. The first-order chi connectivity index (χ1) is 10.5. The van der Waals surface area contributed by atoms with Crippen molar-refractivity contribution in [3.63, 3.8) is 0 Å². The molecule has 1 fully saturated rings. The molecule has 0 aromatic heterocycles. The Balaban J connectivity index is 1.88. The fourth-order valence-electron chi connectivity index (χ4n) is 2.56. The molecule has 2 rings (SSSR count). The van der Waals surface area contributed by atoms with Gasteiger partial charge in [-0.15, -0.1) is 0 Å². The predicted molar refractivity (Wildman–Crippen MR) is 85.7 cm³/mol. The number of benzene rings is 1. The lowest BCUT2D eigenvalue weighted by Crippen LogP contribution is -2.29. The maximum Gasteiger partial charge on any atom is 0.239 e. The van der Waals surface area contributed by atoms with Gasteiger partial charge < -0.3 is 15.8 Å². The number of sulfone groups is 1. The van der Waals surface area contributed by atoms with Crippen molar-refractivity contribution >= 4 is 21.4 Å². The van der Waals surface area contributed by atoms with Gasteiger partial charge in [0.2, 0.25) is 5.91 Å². The summed E-state index contributed by atoms with van der Waals surface area (Å²) >= 11 is 0. The highest BCUT2D eigenvalue weighted by Gasteiger charge is 2.30. The molecule has 0 unspecified atom stereocenters. The van der Waals surface area contributed by atoms with Crippen molar-refractivity contribution in [2.75, 3.05) is 24.2 Å². The zero-order valence-corrected chi connectivity index (χ0v) is 13.3. The highest BCUT2D eigenvalue weighted by atomic mass is 32.2. The third kappa shape index (κ3) is 4.71. The molecule has 0 heterocycles. The molecule has 3 N–H and O–H groups in total. The molecule has 1 aromatic rings. The van der Waals surface area contributed by atoms with E-state index in [1.165, 1.54) is 0 Å². The molecule has 1 amide bonds. The van der Waals surface area contributed by atoms with Crippen molar-refractivity contribution in [1.29, 1.82) is 0 Å². The average molecular weight is 326 g/mol. The van der Waals surface area contributed by atoms with Crippen LogP contribution in [-0.4, -0.2) is 38.5 Å². The number of rotatable bonds is 7. The first kappa shape index (κ1) is 16.8. The molecule has 0 radical (unpaired) electrons. The van der Waals surface area contributed by atoms with Gasteiger partial charge in [-0.25, -0.2) is 8.42 Å². The number of hydrogen-bond acceptors (Lipinski definition) is 5. The third-order valence-electron chi connectivity index (χ3n) is 3.67. The summed E-state index contributed by atoms with van der Waals surface area (Å²) in [5, 5.41) is 2.25. The van der Waals surface area contributed by atoms with Crippen molar-refractivity contribution in [3.8, 4) is 5.75 Å². The van der Waals surface area contributed by atoms with Crippen LogP contribution in [-0.2, 0) is 14.6 Å². The summed E-state index contributed by atoms with van der Waals surface area (Å²) in [7, 11) is -3.35. The molecule has 0 spiro atoms. The molecule has 0 saturated heterocycles. The van der Waals surface area contributed by atoms with E-state index in [2.05, 4.69) is 5.32 Å². The fraction of sp³-hybridized carbons (Fsp3) is 0.533. The molecular weight excluding hydrogens is 304 g/mol. The van der Waals surface area contributed by atoms with Crippen LogP contribution in [0.25, 0.3) is 0 Å². The van der Waals surface area contributed by atoms with Crippen molar-refractivity contribution < 1.29 is 17.9 Å². The van der Waals surface area contributed by atoms with Gasteiger partial charge in [-0.1, -0.05) is 12.8 Å². The monoisotopic (exact) mass is 326 g/mol. The van der Waals surface area contributed by atoms with Crippen molar-refractivity contribution in [3.05, 3.63) is 24.3 Å². The Bertz CT molecular complexity index is 592. The summed E-state index contributed by atoms with van der Waals surface area (Å²) in [6.07, 6.45) is 3.19. The molecule has 1 aliphatic carbocycles. The summed E-state index contributed by atoms with van der Waals surface area (Å²) in [4.78, 5) is 11.9. The second-order valence-electron chi connectivity index (χ2n) is 5.42. The quantitative estimate of drug-likeness (QED) is 0.787. The number of nitrogens with two attached hydrogens (primary N) is 1. The molecule has 122 valence electrons. The zero-order valence-electron chi connectivity index (χ0n) is 12.5. The number of carbonyl (C=O) groups excluding carboxylic acids is 1. The van der Waals surface area contributed by atoms with Crippen LogP contribution < -0.4 is 15.8 Å². The van der Waals surface area contributed by atoms with Crippen LogP contribution in [0.5, 0.6) is 5.75 Å². The van der Waals surface area contributed by atoms with Crippen molar-refractivity contribution in [2.24, 2.45) is 5.73 Å². The number of amides is 1. The van der Waals surface area contributed by atoms with E-state index in [9.17, 15) is 13.2 Å². The Morgan fingerprint density at radius 2 is 1.86 bits per heavy atom. The Labute approximate surface area is 131 Å². The zero-order chi connectivity index (χ0) is 16.0. The van der Waals surface area contributed by atoms with E-state index in [4.69, 9.17) is 10.5 Å². The van der Waals surface area contributed by atoms with Crippen LogP contribution in [0.4, 0.5) is 5.69 Å². The Morgan fingerprint density at radius 3 is 2.45 bits per heavy atom. The highest BCUT2D eigenvalue weighted by Crippen LogP contribution is 2.25. The minimum absolute atomic E-state index is 0.356. The molecule has 0 aliphatic heterocycles. The first-order valence-corrected chi connectivity index (χ1v) is 9.17. The Kier molecular flexibility index (Phi) is 5.79. The summed E-state index contributed by atoms with van der Waals surface area (Å²) in [5.74, 6) is -0.298. The van der Waals surface area contributed by atoms with Gasteiger partial charge in [0.15, 0.2) is 9.84 Å². The van der Waals surface area contributed by atoms with Gasteiger partial charge in [0.1, 0.15) is 18.1 Å². The second-order valence-corrected chi connectivity index (χ2v) is 7.70. The van der Waals surface area contributed by atoms with Gasteiger partial charge in [-0.05, 0) is 37.1 Å². The highest BCUT2D eigenvalue weighted by molar-refractivity contribution is 7.92. The van der Waals surface area contributed by atoms with Gasteiger partial charge >= 0.3 is 0 Å². The first-order valence-electron chi connectivity index (χ1n) is 7.45. The van der Waals surface area contributed by atoms with Crippen molar-refractivity contribution in [2.45, 2.75) is 30.9 Å². The van der Waals surface area contributed by atoms with E-state index in [0.717, 1.165) is 12.8 Å². The van der Waals surface area contributed by atoms with Crippen LogP contribution >= 0.6 is 0 Å². The summed E-state index contributed by atoms with van der Waals surface area (Å²) in [6.45, 7) is 0.850. The maximum absolute atomic E-state index is 12.1. The standard InChI is InChI=1S/C15H22N2O4S/c16-9-10-21-13-7-5-12(6-8-13)17-15(18)11-22(19,20)14-3-1-2-4-14/h5-8,14H,1-4,9-11,16H2,(H,17,18). The van der Waals surface area contributed by atoms with E-state index < -0.39 is 21.5 Å². The predicted octanol–water partition coefficient (Wildman–Crippen LogP) is 1.32. The number of nitrogens with one attached hydrogen (secondary N) is 1. The minimum atomic E-state index is -3.35. The van der Waals surface area contributed by atoms with Crippen LogP contribution in [0.2, 0.25) is 0 Å². The topological polar surface area (TPSA) is 98.5 Å². The smallest absolute Gasteiger partial charge is 0.239 e. The average Bonchev–Trinajstić information content (AvgIpc) is 3.01. The van der Waals surface area contributed by atoms with Crippen LogP contribution in [0.15, 0.2) is 24.3 Å². The van der Waals surface area contributed by atoms with Gasteiger partial charge in [0.05, 0.1) is 5.25 Å². The SMILES string of the molecule is NCCOc1ccc(NC(=O)CS(=O)(=O)C2CCCC2)cc1. The number of hydrogen-bond donors (Lipinski definition) is 2. The van der Waals surface area contributed by atoms with Gasteiger partial charge in [-0.3, -0.25) is 4.79 Å². The number of anilines is 1. The molecule has 22 heavy (non-hydrogen) atoms. The van der Waals surface area contributed by atoms with E-state index >= 15 is 0 Å². The molecule has 0 atom stereocenters. The minimum Gasteiger partial charge on any atom is -0.492 e. The van der Waals surface area contributed by atoms with E-state index in [1.54, 1.807) is 24.3 Å². The lowest BCUT2D eigenvalue weighted by Gasteiger charge is -2.11. The van der Waals surface area contributed by atoms with Crippen LogP contribution in [0, 0.1) is 0 Å². The molecule has 7 heteroatoms. The van der Waals surface area contributed by atoms with Gasteiger partial charge in [-0.2, -0.15) is 0 Å². The molecule has 6 nitrogen and oxygen atoms in total. The molecule has 0 bridgehead atoms. The molecule has 1 aliphatic rings. The van der Waals surface area contributed by atoms with Crippen LogP contribution in [0.3, 0.4) is 0 Å². The molecule has 1 aromatic carbocycles. The fourth-order valence-corrected chi connectivity index (χ4v) is 4.28. The Morgan fingerprint density at radius 1 is 1.23 bits per heavy atom. The maximum atomic E-state index is 12.1. The second kappa shape index (κ2) is 7.60. The normalized spacial score (nSPS) is 15.7. The van der Waals surface area contributed by atoms with E-state index in [0.29, 0.717) is 37.4 Å². The summed E-state index contributed by atoms with van der Waals surface area (Å²) < 4.78 is 29.6. The van der Waals surface area contributed by atoms with Gasteiger partial charge in [0, 0.05) is 12.2 Å². The Hall–Kier alpha value is -1.60. The number of carbonyl (C=O) groups is 1.